The number of aromatic nitrogens is 1. The Kier molecular flexibility index (Phi) is 4.99. The largest absolute Gasteiger partial charge is 0.481 e. The van der Waals surface area contributed by atoms with Crippen LogP contribution in [0.1, 0.15) is 37.4 Å². The fraction of sp³-hybridized carbons (Fsp3) is 0.238. The number of benzene rings is 2. The minimum atomic E-state index is -0.876. The summed E-state index contributed by atoms with van der Waals surface area (Å²) in [6.45, 7) is 4.39. The number of halogens is 1. The predicted octanol–water partition coefficient (Wildman–Crippen LogP) is 4.63. The molecule has 27 heavy (non-hydrogen) atoms. The highest BCUT2D eigenvalue weighted by atomic mass is 19.1. The lowest BCUT2D eigenvalue weighted by Gasteiger charge is -2.15. The molecular formula is C21H22FN3O2. The Balaban J connectivity index is 2.39. The lowest BCUT2D eigenvalue weighted by molar-refractivity contribution is -0.137. The number of rotatable bonds is 6. The maximum atomic E-state index is 13.4. The van der Waals surface area contributed by atoms with Crippen LogP contribution in [-0.2, 0) is 11.3 Å². The van der Waals surface area contributed by atoms with Gasteiger partial charge in [0.1, 0.15) is 5.82 Å². The van der Waals surface area contributed by atoms with Gasteiger partial charge in [-0.15, -0.1) is 0 Å². The van der Waals surface area contributed by atoms with Crippen molar-refractivity contribution in [1.82, 2.24) is 4.57 Å². The van der Waals surface area contributed by atoms with Crippen LogP contribution in [0.5, 0.6) is 0 Å². The first kappa shape index (κ1) is 18.6. The Hall–Kier alpha value is -3.15. The van der Waals surface area contributed by atoms with Crippen molar-refractivity contribution in [3.63, 3.8) is 0 Å². The number of aryl methyl sites for hydroxylation is 1. The number of nitrogen functional groups attached to an aromatic ring is 1. The van der Waals surface area contributed by atoms with Crippen molar-refractivity contribution in [3.05, 3.63) is 53.5 Å². The summed E-state index contributed by atoms with van der Waals surface area (Å²) in [6, 6.07) is 9.90. The standard InChI is InChI=1S/C21H22FN3O2/c1-12(2)21-20(13-3-5-15(22)6-4-13)16-9-14(11-23)17(24)10-18(16)25(21)8-7-19(26)27/h3-6,9-12,23H,7-8,24H2,1-2H3,(H,26,27). The van der Waals surface area contributed by atoms with Crippen molar-refractivity contribution in [2.45, 2.75) is 32.7 Å². The maximum absolute atomic E-state index is 13.4. The number of hydrogen-bond donors (Lipinski definition) is 3. The van der Waals surface area contributed by atoms with E-state index < -0.39 is 5.97 Å². The van der Waals surface area contributed by atoms with Crippen LogP contribution in [0.25, 0.3) is 22.0 Å². The van der Waals surface area contributed by atoms with Gasteiger partial charge < -0.3 is 20.8 Å². The van der Waals surface area contributed by atoms with Crippen molar-refractivity contribution in [2.75, 3.05) is 5.73 Å². The minimum Gasteiger partial charge on any atom is -0.481 e. The molecule has 0 amide bonds. The number of carboxylic acid groups (broad SMARTS) is 1. The van der Waals surface area contributed by atoms with Crippen molar-refractivity contribution in [2.24, 2.45) is 0 Å². The van der Waals surface area contributed by atoms with Crippen molar-refractivity contribution < 1.29 is 14.3 Å². The molecule has 3 aromatic rings. The summed E-state index contributed by atoms with van der Waals surface area (Å²) in [7, 11) is 0. The lowest BCUT2D eigenvalue weighted by Crippen LogP contribution is -2.09. The second-order valence-corrected chi connectivity index (χ2v) is 6.86. The normalized spacial score (nSPS) is 11.3. The average molecular weight is 367 g/mol. The maximum Gasteiger partial charge on any atom is 0.305 e. The summed E-state index contributed by atoms with van der Waals surface area (Å²) in [5.74, 6) is -1.08. The molecule has 4 N–H and O–H groups in total. The molecule has 1 heterocycles. The van der Waals surface area contributed by atoms with Crippen molar-refractivity contribution in [3.8, 4) is 11.1 Å². The molecule has 2 aromatic carbocycles. The molecule has 0 fully saturated rings. The number of hydrogen-bond acceptors (Lipinski definition) is 3. The predicted molar refractivity (Wildman–Crippen MR) is 106 cm³/mol. The number of carbonyl (C=O) groups is 1. The summed E-state index contributed by atoms with van der Waals surface area (Å²) in [5, 5.41) is 17.6. The highest BCUT2D eigenvalue weighted by Gasteiger charge is 2.22. The third-order valence-corrected chi connectivity index (χ3v) is 4.69. The summed E-state index contributed by atoms with van der Waals surface area (Å²) in [6.07, 6.45) is 1.19. The fourth-order valence-electron chi connectivity index (χ4n) is 3.54. The van der Waals surface area contributed by atoms with Crippen LogP contribution in [-0.4, -0.2) is 21.9 Å². The van der Waals surface area contributed by atoms with Crippen LogP contribution in [0.2, 0.25) is 0 Å². The van der Waals surface area contributed by atoms with E-state index in [0.29, 0.717) is 17.8 Å². The lowest BCUT2D eigenvalue weighted by atomic mass is 9.96. The number of nitrogens with two attached hydrogens (primary N) is 1. The van der Waals surface area contributed by atoms with E-state index in [4.69, 9.17) is 16.2 Å². The van der Waals surface area contributed by atoms with Crippen LogP contribution in [0, 0.1) is 11.2 Å². The monoisotopic (exact) mass is 367 g/mol. The van der Waals surface area contributed by atoms with E-state index >= 15 is 0 Å². The Labute approximate surface area is 156 Å². The zero-order valence-electron chi connectivity index (χ0n) is 15.3. The van der Waals surface area contributed by atoms with Crippen molar-refractivity contribution in [1.29, 1.82) is 5.41 Å². The molecule has 6 heteroatoms. The highest BCUT2D eigenvalue weighted by molar-refractivity contribution is 6.03. The summed E-state index contributed by atoms with van der Waals surface area (Å²) in [5.41, 5.74) is 10.7. The van der Waals surface area contributed by atoms with E-state index in [1.165, 1.54) is 18.3 Å². The first-order valence-electron chi connectivity index (χ1n) is 8.77. The third-order valence-electron chi connectivity index (χ3n) is 4.69. The van der Waals surface area contributed by atoms with Gasteiger partial charge in [-0.2, -0.15) is 0 Å². The second kappa shape index (κ2) is 7.23. The van der Waals surface area contributed by atoms with Crippen LogP contribution < -0.4 is 5.73 Å². The van der Waals surface area contributed by atoms with Crippen LogP contribution >= 0.6 is 0 Å². The summed E-state index contributed by atoms with van der Waals surface area (Å²) >= 11 is 0. The van der Waals surface area contributed by atoms with Gasteiger partial charge in [-0.3, -0.25) is 4.79 Å². The van der Waals surface area contributed by atoms with E-state index in [1.807, 2.05) is 24.5 Å². The van der Waals surface area contributed by atoms with Gasteiger partial charge >= 0.3 is 5.97 Å². The van der Waals surface area contributed by atoms with Gasteiger partial charge in [-0.25, -0.2) is 4.39 Å². The number of fused-ring (bicyclic) bond motifs is 1. The molecule has 0 saturated carbocycles. The molecule has 0 bridgehead atoms. The molecule has 3 rings (SSSR count). The average Bonchev–Trinajstić information content (AvgIpc) is 2.93. The molecular weight excluding hydrogens is 345 g/mol. The van der Waals surface area contributed by atoms with Gasteiger partial charge in [-0.05, 0) is 35.7 Å². The van der Waals surface area contributed by atoms with E-state index in [0.717, 1.165) is 27.7 Å². The van der Waals surface area contributed by atoms with Crippen LogP contribution in [0.4, 0.5) is 10.1 Å². The van der Waals surface area contributed by atoms with E-state index in [2.05, 4.69) is 0 Å². The molecule has 0 unspecified atom stereocenters. The zero-order chi connectivity index (χ0) is 19.7. The van der Waals surface area contributed by atoms with E-state index in [9.17, 15) is 9.18 Å². The van der Waals surface area contributed by atoms with Gasteiger partial charge in [0, 0.05) is 40.7 Å². The Morgan fingerprint density at radius 3 is 2.52 bits per heavy atom. The number of nitrogens with one attached hydrogen (secondary N) is 1. The second-order valence-electron chi connectivity index (χ2n) is 6.86. The molecule has 0 spiro atoms. The van der Waals surface area contributed by atoms with Crippen LogP contribution in [0.15, 0.2) is 36.4 Å². The molecule has 0 aliphatic heterocycles. The van der Waals surface area contributed by atoms with Gasteiger partial charge in [-0.1, -0.05) is 26.0 Å². The topological polar surface area (TPSA) is 92.1 Å². The Morgan fingerprint density at radius 1 is 1.30 bits per heavy atom. The van der Waals surface area contributed by atoms with Crippen molar-refractivity contribution >= 4 is 28.8 Å². The minimum absolute atomic E-state index is 0.0153. The quantitative estimate of drug-likeness (QED) is 0.438. The molecule has 140 valence electrons. The number of carboxylic acids is 1. The van der Waals surface area contributed by atoms with Crippen LogP contribution in [0.3, 0.4) is 0 Å². The SMILES string of the molecule is CC(C)c1c(-c2ccc(F)cc2)c2cc(C=N)c(N)cc2n1CCC(=O)O. The fourth-order valence-corrected chi connectivity index (χ4v) is 3.54. The number of anilines is 1. The Morgan fingerprint density at radius 2 is 1.96 bits per heavy atom. The Bertz CT molecular complexity index is 1020. The molecule has 0 atom stereocenters. The molecule has 0 saturated heterocycles. The molecule has 5 nitrogen and oxygen atoms in total. The van der Waals surface area contributed by atoms with Gasteiger partial charge in [0.25, 0.3) is 0 Å². The van der Waals surface area contributed by atoms with Gasteiger partial charge in [0.05, 0.1) is 11.9 Å². The summed E-state index contributed by atoms with van der Waals surface area (Å²) < 4.78 is 15.4. The van der Waals surface area contributed by atoms with E-state index in [1.54, 1.807) is 18.2 Å². The first-order chi connectivity index (χ1) is 12.8. The summed E-state index contributed by atoms with van der Waals surface area (Å²) in [4.78, 5) is 11.2. The molecule has 0 aliphatic carbocycles. The first-order valence-corrected chi connectivity index (χ1v) is 8.77. The number of aliphatic carboxylic acids is 1. The zero-order valence-corrected chi connectivity index (χ0v) is 15.3. The molecule has 0 aliphatic rings. The molecule has 1 aromatic heterocycles. The smallest absolute Gasteiger partial charge is 0.305 e. The van der Waals surface area contributed by atoms with E-state index in [-0.39, 0.29) is 18.2 Å². The highest BCUT2D eigenvalue weighted by Crippen LogP contribution is 2.40. The van der Waals surface area contributed by atoms with Gasteiger partial charge in [0.15, 0.2) is 0 Å². The molecule has 0 radical (unpaired) electrons. The third kappa shape index (κ3) is 3.43. The number of nitrogens with zero attached hydrogens (tertiary/aromatic N) is 1. The van der Waals surface area contributed by atoms with Gasteiger partial charge in [0.2, 0.25) is 0 Å².